The molecule has 0 amide bonds. The highest BCUT2D eigenvalue weighted by molar-refractivity contribution is 6.07. The van der Waals surface area contributed by atoms with Crippen LogP contribution in [0.5, 0.6) is 0 Å². The number of hydrogen-bond acceptors (Lipinski definition) is 4. The second-order valence-electron chi connectivity index (χ2n) is 7.76. The van der Waals surface area contributed by atoms with E-state index in [-0.39, 0.29) is 17.0 Å². The van der Waals surface area contributed by atoms with Crippen molar-refractivity contribution < 1.29 is 4.79 Å². The molecule has 2 heterocycles. The Kier molecular flexibility index (Phi) is 3.42. The number of carbonyl (C=O) groups excluding carboxylic acids is 1. The molecule has 0 aliphatic heterocycles. The Morgan fingerprint density at radius 1 is 1.19 bits per heavy atom. The molecule has 0 unspecified atom stereocenters. The number of aryl methyl sites for hydroxylation is 1. The van der Waals surface area contributed by atoms with Crippen molar-refractivity contribution in [2.24, 2.45) is 5.41 Å². The fraction of sp³-hybridized carbons (Fsp3) is 0.286. The van der Waals surface area contributed by atoms with Crippen LogP contribution in [0.4, 0.5) is 5.82 Å². The summed E-state index contributed by atoms with van der Waals surface area (Å²) in [5, 5.41) is 14.4. The number of hydrogen-bond donors (Lipinski definition) is 1. The minimum absolute atomic E-state index is 0.0949. The van der Waals surface area contributed by atoms with E-state index in [1.54, 1.807) is 4.52 Å². The van der Waals surface area contributed by atoms with Crippen molar-refractivity contribution >= 4 is 17.1 Å². The highest BCUT2D eigenvalue weighted by Crippen LogP contribution is 2.40. The van der Waals surface area contributed by atoms with Crippen LogP contribution in [-0.2, 0) is 6.42 Å². The van der Waals surface area contributed by atoms with Crippen molar-refractivity contribution in [1.29, 1.82) is 5.26 Å². The van der Waals surface area contributed by atoms with E-state index >= 15 is 0 Å². The monoisotopic (exact) mass is 344 g/mol. The fourth-order valence-electron chi connectivity index (χ4n) is 4.06. The number of pyridine rings is 1. The van der Waals surface area contributed by atoms with E-state index in [4.69, 9.17) is 5.73 Å². The SMILES string of the molecule is Cc1c(-c2ccccc2)c(C#N)c(N)n2nc3c(c12)C(=O)CC(C)(C)C3. The quantitative estimate of drug-likeness (QED) is 0.725. The van der Waals surface area contributed by atoms with E-state index < -0.39 is 0 Å². The summed E-state index contributed by atoms with van der Waals surface area (Å²) in [4.78, 5) is 12.9. The summed E-state index contributed by atoms with van der Waals surface area (Å²) in [5.41, 5.74) is 11.3. The van der Waals surface area contributed by atoms with E-state index in [0.29, 0.717) is 17.5 Å². The summed E-state index contributed by atoms with van der Waals surface area (Å²) < 4.78 is 1.59. The zero-order valence-corrected chi connectivity index (χ0v) is 15.1. The molecule has 1 aliphatic rings. The van der Waals surface area contributed by atoms with Gasteiger partial charge in [0.15, 0.2) is 5.78 Å². The molecule has 26 heavy (non-hydrogen) atoms. The zero-order valence-electron chi connectivity index (χ0n) is 15.1. The van der Waals surface area contributed by atoms with Gasteiger partial charge in [0.05, 0.1) is 16.8 Å². The molecule has 2 N–H and O–H groups in total. The number of nitrogen functional groups attached to an aromatic ring is 1. The molecule has 0 fully saturated rings. The van der Waals surface area contributed by atoms with Crippen LogP contribution in [0.2, 0.25) is 0 Å². The van der Waals surface area contributed by atoms with Crippen molar-refractivity contribution in [2.45, 2.75) is 33.6 Å². The lowest BCUT2D eigenvalue weighted by atomic mass is 9.75. The number of Topliss-reactive ketones (excluding diaryl/α,β-unsaturated/α-hetero) is 1. The van der Waals surface area contributed by atoms with E-state index in [0.717, 1.165) is 34.3 Å². The second-order valence-corrected chi connectivity index (χ2v) is 7.76. The lowest BCUT2D eigenvalue weighted by Crippen LogP contribution is -2.26. The third-order valence-electron chi connectivity index (χ3n) is 5.16. The summed E-state index contributed by atoms with van der Waals surface area (Å²) in [6, 6.07) is 11.9. The van der Waals surface area contributed by atoms with Crippen LogP contribution < -0.4 is 5.73 Å². The van der Waals surface area contributed by atoms with Gasteiger partial charge in [0, 0.05) is 12.0 Å². The Hall–Kier alpha value is -3.13. The van der Waals surface area contributed by atoms with Gasteiger partial charge >= 0.3 is 0 Å². The van der Waals surface area contributed by atoms with Gasteiger partial charge in [0.2, 0.25) is 0 Å². The maximum atomic E-state index is 12.9. The first-order valence-corrected chi connectivity index (χ1v) is 8.66. The fourth-order valence-corrected chi connectivity index (χ4v) is 4.06. The first-order chi connectivity index (χ1) is 12.3. The third-order valence-corrected chi connectivity index (χ3v) is 5.16. The Morgan fingerprint density at radius 3 is 2.54 bits per heavy atom. The van der Waals surface area contributed by atoms with Gasteiger partial charge in [-0.05, 0) is 29.9 Å². The third kappa shape index (κ3) is 2.22. The Bertz CT molecular complexity index is 1100. The Balaban J connectivity index is 2.14. The molecule has 0 radical (unpaired) electrons. The lowest BCUT2D eigenvalue weighted by molar-refractivity contribution is 0.0913. The van der Waals surface area contributed by atoms with Crippen molar-refractivity contribution in [1.82, 2.24) is 9.61 Å². The second kappa shape index (κ2) is 5.43. The molecule has 0 atom stereocenters. The van der Waals surface area contributed by atoms with E-state index in [1.165, 1.54) is 0 Å². The normalized spacial score (nSPS) is 15.7. The van der Waals surface area contributed by atoms with Gasteiger partial charge in [-0.15, -0.1) is 0 Å². The average Bonchev–Trinajstić information content (AvgIpc) is 2.97. The van der Waals surface area contributed by atoms with Crippen LogP contribution in [0.15, 0.2) is 30.3 Å². The number of anilines is 1. The molecule has 2 aromatic heterocycles. The molecular weight excluding hydrogens is 324 g/mol. The van der Waals surface area contributed by atoms with Crippen LogP contribution in [0.1, 0.15) is 47.4 Å². The standard InChI is InChI=1S/C21H20N4O/c1-12-17(13-7-5-4-6-8-13)14(11-22)20(23)25-19(12)18-15(24-25)9-21(2,3)10-16(18)26/h4-8H,9-10,23H2,1-3H3. The van der Waals surface area contributed by atoms with E-state index in [1.807, 2.05) is 37.3 Å². The number of benzene rings is 1. The zero-order chi connectivity index (χ0) is 18.6. The molecule has 0 saturated carbocycles. The summed E-state index contributed by atoms with van der Waals surface area (Å²) in [6.07, 6.45) is 1.21. The molecule has 1 aliphatic carbocycles. The number of nitrogens with two attached hydrogens (primary N) is 1. The minimum atomic E-state index is -0.120. The van der Waals surface area contributed by atoms with Crippen LogP contribution in [-0.4, -0.2) is 15.4 Å². The summed E-state index contributed by atoms with van der Waals surface area (Å²) in [7, 11) is 0. The molecule has 0 saturated heterocycles. The maximum Gasteiger partial charge on any atom is 0.167 e. The number of nitriles is 1. The molecule has 5 nitrogen and oxygen atoms in total. The first-order valence-electron chi connectivity index (χ1n) is 8.66. The number of ketones is 1. The highest BCUT2D eigenvalue weighted by Gasteiger charge is 2.36. The minimum Gasteiger partial charge on any atom is -0.383 e. The van der Waals surface area contributed by atoms with Gasteiger partial charge in [0.1, 0.15) is 17.5 Å². The Morgan fingerprint density at radius 2 is 1.88 bits per heavy atom. The molecular formula is C21H20N4O. The van der Waals surface area contributed by atoms with Crippen molar-refractivity contribution in [3.63, 3.8) is 0 Å². The van der Waals surface area contributed by atoms with E-state index in [9.17, 15) is 10.1 Å². The van der Waals surface area contributed by atoms with Gasteiger partial charge < -0.3 is 5.73 Å². The molecule has 5 heteroatoms. The van der Waals surface area contributed by atoms with Crippen LogP contribution >= 0.6 is 0 Å². The number of carbonyl (C=O) groups is 1. The summed E-state index contributed by atoms with van der Waals surface area (Å²) >= 11 is 0. The Labute approximate surface area is 152 Å². The largest absolute Gasteiger partial charge is 0.383 e. The topological polar surface area (TPSA) is 84.2 Å². The van der Waals surface area contributed by atoms with Gasteiger partial charge in [-0.1, -0.05) is 44.2 Å². The van der Waals surface area contributed by atoms with Crippen LogP contribution in [0.3, 0.4) is 0 Å². The lowest BCUT2D eigenvalue weighted by Gasteiger charge is -2.27. The summed E-state index contributed by atoms with van der Waals surface area (Å²) in [5.74, 6) is 0.379. The predicted octanol–water partition coefficient (Wildman–Crippen LogP) is 3.92. The van der Waals surface area contributed by atoms with Gasteiger partial charge in [-0.3, -0.25) is 4.79 Å². The number of fused-ring (bicyclic) bond motifs is 3. The molecule has 1 aromatic carbocycles. The number of aromatic nitrogens is 2. The molecule has 0 bridgehead atoms. The van der Waals surface area contributed by atoms with Crippen LogP contribution in [0.25, 0.3) is 16.6 Å². The van der Waals surface area contributed by atoms with Crippen LogP contribution in [0, 0.1) is 23.7 Å². The highest BCUT2D eigenvalue weighted by atomic mass is 16.1. The summed E-state index contributed by atoms with van der Waals surface area (Å²) in [6.45, 7) is 6.08. The van der Waals surface area contributed by atoms with Crippen molar-refractivity contribution in [3.05, 3.63) is 52.7 Å². The van der Waals surface area contributed by atoms with Crippen molar-refractivity contribution in [2.75, 3.05) is 5.73 Å². The van der Waals surface area contributed by atoms with E-state index in [2.05, 4.69) is 25.0 Å². The first kappa shape index (κ1) is 16.3. The maximum absolute atomic E-state index is 12.9. The average molecular weight is 344 g/mol. The van der Waals surface area contributed by atoms with Gasteiger partial charge in [-0.25, -0.2) is 4.52 Å². The molecule has 0 spiro atoms. The van der Waals surface area contributed by atoms with Gasteiger partial charge in [0.25, 0.3) is 0 Å². The molecule has 4 rings (SSSR count). The van der Waals surface area contributed by atoms with Crippen molar-refractivity contribution in [3.8, 4) is 17.2 Å². The molecule has 3 aromatic rings. The number of rotatable bonds is 1. The molecule has 130 valence electrons. The predicted molar refractivity (Wildman–Crippen MR) is 101 cm³/mol. The smallest absolute Gasteiger partial charge is 0.167 e. The number of nitrogens with zero attached hydrogens (tertiary/aromatic N) is 3. The van der Waals surface area contributed by atoms with Gasteiger partial charge in [-0.2, -0.15) is 10.4 Å².